The second-order valence-electron chi connectivity index (χ2n) is 9.58. The highest BCUT2D eigenvalue weighted by atomic mass is 32.2. The molecule has 0 bridgehead atoms. The zero-order valence-electron chi connectivity index (χ0n) is 22.7. The number of benzene rings is 3. The minimum Gasteiger partial charge on any atom is -0.383 e. The van der Waals surface area contributed by atoms with E-state index >= 15 is 0 Å². The van der Waals surface area contributed by atoms with Gasteiger partial charge >= 0.3 is 0 Å². The van der Waals surface area contributed by atoms with E-state index in [0.717, 1.165) is 27.4 Å². The number of hydrogen-bond donors (Lipinski definition) is 3. The van der Waals surface area contributed by atoms with Gasteiger partial charge in [0.25, 0.3) is 0 Å². The lowest BCUT2D eigenvalue weighted by molar-refractivity contribution is -0.114. The number of hydrogen-bond acceptors (Lipinski definition) is 6. The molecule has 6 aromatic rings. The molecule has 3 aromatic carbocycles. The van der Waals surface area contributed by atoms with Gasteiger partial charge in [0.1, 0.15) is 22.3 Å². The highest BCUT2D eigenvalue weighted by molar-refractivity contribution is 7.83. The summed E-state index contributed by atoms with van der Waals surface area (Å²) in [6, 6.07) is 32.3. The van der Waals surface area contributed by atoms with Gasteiger partial charge in [-0.2, -0.15) is 0 Å². The van der Waals surface area contributed by atoms with E-state index in [1.54, 1.807) is 6.20 Å². The molecule has 0 aliphatic carbocycles. The highest BCUT2D eigenvalue weighted by Gasteiger charge is 2.19. The fourth-order valence-corrected chi connectivity index (χ4v) is 5.52. The first-order chi connectivity index (χ1) is 20.5. The zero-order valence-corrected chi connectivity index (χ0v) is 23.5. The molecule has 42 heavy (non-hydrogen) atoms. The van der Waals surface area contributed by atoms with Crippen LogP contribution in [0.5, 0.6) is 0 Å². The smallest absolute Gasteiger partial charge is 0.221 e. The molecule has 9 nitrogen and oxygen atoms in total. The Morgan fingerprint density at radius 1 is 0.905 bits per heavy atom. The van der Waals surface area contributed by atoms with Gasteiger partial charge in [-0.1, -0.05) is 42.5 Å². The van der Waals surface area contributed by atoms with Crippen LogP contribution in [0.3, 0.4) is 0 Å². The molecular formula is C32H27N7O2S. The number of aromatic nitrogens is 4. The summed E-state index contributed by atoms with van der Waals surface area (Å²) in [6.07, 6.45) is 1.64. The molecule has 0 fully saturated rings. The molecule has 0 radical (unpaired) electrons. The summed E-state index contributed by atoms with van der Waals surface area (Å²) in [6.45, 7) is 1.91. The fourth-order valence-electron chi connectivity index (χ4n) is 4.65. The van der Waals surface area contributed by atoms with Gasteiger partial charge < -0.3 is 11.1 Å². The first kappa shape index (κ1) is 27.0. The average Bonchev–Trinajstić information content (AvgIpc) is 3.39. The van der Waals surface area contributed by atoms with Gasteiger partial charge in [-0.25, -0.2) is 23.9 Å². The van der Waals surface area contributed by atoms with E-state index in [-0.39, 0.29) is 5.91 Å². The summed E-state index contributed by atoms with van der Waals surface area (Å²) < 4.78 is 17.7. The van der Waals surface area contributed by atoms with Crippen molar-refractivity contribution in [2.45, 2.75) is 18.4 Å². The van der Waals surface area contributed by atoms with E-state index in [4.69, 9.17) is 15.7 Å². The van der Waals surface area contributed by atoms with Crippen LogP contribution in [0.4, 0.5) is 11.5 Å². The van der Waals surface area contributed by atoms with Gasteiger partial charge in [0.15, 0.2) is 11.5 Å². The Bertz CT molecular complexity index is 1920. The molecule has 1 unspecified atom stereocenters. The van der Waals surface area contributed by atoms with Crippen LogP contribution in [-0.4, -0.2) is 29.6 Å². The van der Waals surface area contributed by atoms with E-state index in [0.29, 0.717) is 40.6 Å². The van der Waals surface area contributed by atoms with Gasteiger partial charge in [-0.3, -0.25) is 9.36 Å². The van der Waals surface area contributed by atoms with Crippen molar-refractivity contribution in [3.05, 3.63) is 115 Å². The van der Waals surface area contributed by atoms with E-state index in [1.165, 1.54) is 6.92 Å². The molecule has 3 aromatic heterocycles. The number of pyridine rings is 2. The van der Waals surface area contributed by atoms with Gasteiger partial charge in [0.05, 0.1) is 16.2 Å². The predicted octanol–water partition coefficient (Wildman–Crippen LogP) is 5.50. The maximum absolute atomic E-state index is 12.6. The van der Waals surface area contributed by atoms with Crippen molar-refractivity contribution in [1.82, 2.24) is 24.2 Å². The van der Waals surface area contributed by atoms with Crippen molar-refractivity contribution in [1.29, 1.82) is 0 Å². The van der Waals surface area contributed by atoms with Gasteiger partial charge in [-0.05, 0) is 66.2 Å². The Balaban J connectivity index is 1.39. The van der Waals surface area contributed by atoms with Gasteiger partial charge in [0.2, 0.25) is 5.91 Å². The maximum Gasteiger partial charge on any atom is 0.221 e. The zero-order chi connectivity index (χ0) is 29.1. The normalized spacial score (nSPS) is 11.8. The average molecular weight is 574 g/mol. The Labute approximate surface area is 245 Å². The molecule has 10 heteroatoms. The number of amides is 1. The number of carbonyl (C=O) groups excluding carboxylic acids is 1. The summed E-state index contributed by atoms with van der Waals surface area (Å²) in [5.74, 6) is 0.835. The summed E-state index contributed by atoms with van der Waals surface area (Å²) >= 11 is 0. The van der Waals surface area contributed by atoms with Crippen LogP contribution in [0.1, 0.15) is 12.5 Å². The second kappa shape index (κ2) is 11.7. The number of fused-ring (bicyclic) bond motifs is 1. The molecule has 208 valence electrons. The Kier molecular flexibility index (Phi) is 7.54. The van der Waals surface area contributed by atoms with Crippen LogP contribution in [-0.2, 0) is 22.3 Å². The second-order valence-corrected chi connectivity index (χ2v) is 10.9. The van der Waals surface area contributed by atoms with Crippen LogP contribution in [0.2, 0.25) is 0 Å². The van der Waals surface area contributed by atoms with Crippen LogP contribution in [0, 0.1) is 0 Å². The maximum atomic E-state index is 12.6. The summed E-state index contributed by atoms with van der Waals surface area (Å²) in [5.41, 5.74) is 12.4. The van der Waals surface area contributed by atoms with E-state index in [1.807, 2.05) is 108 Å². The van der Waals surface area contributed by atoms with Gasteiger partial charge in [0, 0.05) is 36.6 Å². The largest absolute Gasteiger partial charge is 0.383 e. The van der Waals surface area contributed by atoms with Crippen molar-refractivity contribution >= 4 is 39.6 Å². The quantitative estimate of drug-likeness (QED) is 0.221. The Hall–Kier alpha value is -5.19. The summed E-state index contributed by atoms with van der Waals surface area (Å²) in [7, 11) is -1.31. The first-order valence-electron chi connectivity index (χ1n) is 13.2. The third kappa shape index (κ3) is 5.67. The topological polar surface area (TPSA) is 128 Å². The number of imidazole rings is 1. The third-order valence-electron chi connectivity index (χ3n) is 6.62. The molecule has 3 heterocycles. The molecule has 0 saturated heterocycles. The number of anilines is 2. The van der Waals surface area contributed by atoms with Crippen molar-refractivity contribution < 1.29 is 9.00 Å². The first-order valence-corrected chi connectivity index (χ1v) is 14.4. The molecule has 6 rings (SSSR count). The monoisotopic (exact) mass is 573 g/mol. The fraction of sp³-hybridized carbons (Fsp3) is 0.0625. The molecule has 4 N–H and O–H groups in total. The number of rotatable bonds is 8. The molecule has 0 spiro atoms. The van der Waals surface area contributed by atoms with Crippen LogP contribution in [0.25, 0.3) is 39.5 Å². The summed E-state index contributed by atoms with van der Waals surface area (Å²) in [5, 5.41) is 2.82. The molecule has 1 amide bonds. The number of nitrogens with two attached hydrogens (primary N) is 1. The lowest BCUT2D eigenvalue weighted by Gasteiger charge is -2.12. The van der Waals surface area contributed by atoms with Gasteiger partial charge in [-0.15, -0.1) is 0 Å². The molecular weight excluding hydrogens is 546 g/mol. The van der Waals surface area contributed by atoms with Crippen molar-refractivity contribution in [3.8, 4) is 28.3 Å². The van der Waals surface area contributed by atoms with Crippen LogP contribution < -0.4 is 15.8 Å². The minimum absolute atomic E-state index is 0.141. The van der Waals surface area contributed by atoms with Crippen molar-refractivity contribution in [2.24, 2.45) is 0 Å². The SMILES string of the molecule is CC(=O)Nc1cccc(-c2ccc3nc(-c4cccnc4N)n(-c4ccc(CNS(=O)c5ccccc5)cc4)c3n2)c1. The Morgan fingerprint density at radius 3 is 2.48 bits per heavy atom. The Morgan fingerprint density at radius 2 is 1.71 bits per heavy atom. The number of nitrogens with zero attached hydrogens (tertiary/aromatic N) is 4. The van der Waals surface area contributed by atoms with Crippen LogP contribution in [0.15, 0.2) is 114 Å². The van der Waals surface area contributed by atoms with E-state index in [2.05, 4.69) is 15.0 Å². The van der Waals surface area contributed by atoms with E-state index < -0.39 is 11.0 Å². The molecule has 1 atom stereocenters. The van der Waals surface area contributed by atoms with E-state index in [9.17, 15) is 9.00 Å². The predicted molar refractivity (Wildman–Crippen MR) is 166 cm³/mol. The lowest BCUT2D eigenvalue weighted by Crippen LogP contribution is -2.16. The number of nitrogen functional groups attached to an aromatic ring is 1. The number of nitrogens with one attached hydrogen (secondary N) is 2. The summed E-state index contributed by atoms with van der Waals surface area (Å²) in [4.78, 5) is 26.5. The van der Waals surface area contributed by atoms with Crippen molar-refractivity contribution in [2.75, 3.05) is 11.1 Å². The number of carbonyl (C=O) groups is 1. The molecule has 0 aliphatic rings. The lowest BCUT2D eigenvalue weighted by atomic mass is 10.1. The molecule has 0 saturated carbocycles. The highest BCUT2D eigenvalue weighted by Crippen LogP contribution is 2.32. The molecule has 0 aliphatic heterocycles. The minimum atomic E-state index is -1.31. The van der Waals surface area contributed by atoms with Crippen LogP contribution >= 0.6 is 0 Å². The van der Waals surface area contributed by atoms with Crippen molar-refractivity contribution in [3.63, 3.8) is 0 Å². The third-order valence-corrected chi connectivity index (χ3v) is 7.73. The standard InChI is InChI=1S/C32H27N7O2S/c1-21(40)36-24-8-5-7-23(19-24)28-16-17-29-32(37-28)39(31(38-29)27-11-6-18-34-30(27)33)25-14-12-22(13-15-25)20-35-42(41)26-9-3-2-4-10-26/h2-19,35H,20H2,1H3,(H2,33,34)(H,36,40).